The Labute approximate surface area is 138 Å². The fourth-order valence-corrected chi connectivity index (χ4v) is 2.92. The van der Waals surface area contributed by atoms with Crippen LogP contribution in [0.1, 0.15) is 11.1 Å². The molecular weight excluding hydrogens is 296 g/mol. The number of nitrogens with zero attached hydrogens (tertiary/aromatic N) is 2. The number of benzene rings is 1. The molecule has 6 nitrogen and oxygen atoms in total. The van der Waals surface area contributed by atoms with Crippen molar-refractivity contribution in [2.75, 3.05) is 53.6 Å². The molecule has 2 N–H and O–H groups in total. The van der Waals surface area contributed by atoms with E-state index in [9.17, 15) is 5.11 Å². The van der Waals surface area contributed by atoms with Gasteiger partial charge in [0, 0.05) is 39.3 Å². The molecule has 1 fully saturated rings. The Morgan fingerprint density at radius 2 is 1.61 bits per heavy atom. The molecule has 0 amide bonds. The quantitative estimate of drug-likeness (QED) is 0.761. The molecule has 1 aliphatic heterocycles. The van der Waals surface area contributed by atoms with Crippen molar-refractivity contribution in [2.24, 2.45) is 0 Å². The Kier molecular flexibility index (Phi) is 6.65. The van der Waals surface area contributed by atoms with Gasteiger partial charge in [-0.1, -0.05) is 0 Å². The summed E-state index contributed by atoms with van der Waals surface area (Å²) in [6.07, 6.45) is -0.644. The maximum absolute atomic E-state index is 9.52. The van der Waals surface area contributed by atoms with Crippen molar-refractivity contribution in [1.29, 1.82) is 0 Å². The second-order valence-electron chi connectivity index (χ2n) is 6.05. The first-order valence-electron chi connectivity index (χ1n) is 8.02. The highest BCUT2D eigenvalue weighted by molar-refractivity contribution is 5.47. The predicted molar refractivity (Wildman–Crippen MR) is 89.1 cm³/mol. The van der Waals surface area contributed by atoms with Crippen molar-refractivity contribution in [3.63, 3.8) is 0 Å². The first-order chi connectivity index (χ1) is 11.1. The summed E-state index contributed by atoms with van der Waals surface area (Å²) in [6, 6.07) is 4.07. The molecule has 6 heteroatoms. The normalized spacial score (nSPS) is 18.0. The summed E-state index contributed by atoms with van der Waals surface area (Å²) < 4.78 is 10.7. The van der Waals surface area contributed by atoms with Crippen molar-refractivity contribution in [3.8, 4) is 11.5 Å². The fourth-order valence-electron chi connectivity index (χ4n) is 2.92. The lowest BCUT2D eigenvalue weighted by molar-refractivity contribution is 0.0382. The lowest BCUT2D eigenvalue weighted by atomic mass is 10.1. The minimum Gasteiger partial charge on any atom is -0.493 e. The Hall–Kier alpha value is -1.34. The number of aryl methyl sites for hydroxylation is 1. The van der Waals surface area contributed by atoms with Crippen LogP contribution in [0.25, 0.3) is 0 Å². The Bertz CT molecular complexity index is 502. The third kappa shape index (κ3) is 4.81. The van der Waals surface area contributed by atoms with E-state index in [1.807, 2.05) is 6.07 Å². The van der Waals surface area contributed by atoms with Crippen LogP contribution in [0.5, 0.6) is 11.5 Å². The van der Waals surface area contributed by atoms with Crippen molar-refractivity contribution in [2.45, 2.75) is 19.6 Å². The maximum Gasteiger partial charge on any atom is 0.161 e. The van der Waals surface area contributed by atoms with Crippen LogP contribution >= 0.6 is 0 Å². The highest BCUT2D eigenvalue weighted by Crippen LogP contribution is 2.30. The van der Waals surface area contributed by atoms with Gasteiger partial charge in [-0.15, -0.1) is 0 Å². The van der Waals surface area contributed by atoms with Crippen LogP contribution in [0.15, 0.2) is 12.1 Å². The number of rotatable bonds is 7. The van der Waals surface area contributed by atoms with Gasteiger partial charge in [-0.3, -0.25) is 9.80 Å². The average molecular weight is 324 g/mol. The minimum absolute atomic E-state index is 0.176. The summed E-state index contributed by atoms with van der Waals surface area (Å²) in [4.78, 5) is 4.59. The van der Waals surface area contributed by atoms with Crippen LogP contribution in [0.3, 0.4) is 0 Å². The van der Waals surface area contributed by atoms with Crippen molar-refractivity contribution >= 4 is 0 Å². The second kappa shape index (κ2) is 8.49. The van der Waals surface area contributed by atoms with E-state index in [1.165, 1.54) is 11.1 Å². The molecule has 1 aliphatic rings. The zero-order valence-electron chi connectivity index (χ0n) is 14.3. The van der Waals surface area contributed by atoms with Gasteiger partial charge in [0.1, 0.15) is 0 Å². The third-order valence-corrected chi connectivity index (χ3v) is 4.38. The van der Waals surface area contributed by atoms with E-state index in [-0.39, 0.29) is 6.61 Å². The number of aliphatic hydroxyl groups is 2. The van der Waals surface area contributed by atoms with Gasteiger partial charge in [-0.2, -0.15) is 0 Å². The van der Waals surface area contributed by atoms with Gasteiger partial charge >= 0.3 is 0 Å². The molecule has 1 aromatic rings. The summed E-state index contributed by atoms with van der Waals surface area (Å²) in [5, 5.41) is 18.4. The number of ether oxygens (including phenoxy) is 2. The zero-order valence-corrected chi connectivity index (χ0v) is 14.3. The van der Waals surface area contributed by atoms with E-state index in [2.05, 4.69) is 22.8 Å². The zero-order chi connectivity index (χ0) is 16.8. The van der Waals surface area contributed by atoms with Gasteiger partial charge in [0.25, 0.3) is 0 Å². The SMILES string of the molecule is COc1cc(C)c(CN2CCN(C[C@H](O)CO)CC2)cc1OC. The number of hydrogen-bond donors (Lipinski definition) is 2. The molecule has 0 saturated carbocycles. The smallest absolute Gasteiger partial charge is 0.161 e. The average Bonchev–Trinajstić information content (AvgIpc) is 2.57. The standard InChI is InChI=1S/C17H28N2O4/c1-13-8-16(22-2)17(23-3)9-14(13)10-18-4-6-19(7-5-18)11-15(21)12-20/h8-9,15,20-21H,4-7,10-12H2,1-3H3/t15-/m0/s1. The second-order valence-corrected chi connectivity index (χ2v) is 6.05. The molecule has 1 atom stereocenters. The van der Waals surface area contributed by atoms with E-state index in [1.54, 1.807) is 14.2 Å². The van der Waals surface area contributed by atoms with Gasteiger partial charge in [-0.25, -0.2) is 0 Å². The molecule has 0 aliphatic carbocycles. The van der Waals surface area contributed by atoms with Crippen LogP contribution in [-0.4, -0.2) is 79.7 Å². The summed E-state index contributed by atoms with van der Waals surface area (Å²) >= 11 is 0. The van der Waals surface area contributed by atoms with Crippen molar-refractivity contribution in [3.05, 3.63) is 23.3 Å². The van der Waals surface area contributed by atoms with Gasteiger partial charge in [-0.05, 0) is 30.2 Å². The lowest BCUT2D eigenvalue weighted by Gasteiger charge is -2.35. The number of aliphatic hydroxyl groups excluding tert-OH is 2. The molecule has 0 aromatic heterocycles. The first kappa shape index (κ1) is 18.0. The van der Waals surface area contributed by atoms with E-state index in [0.717, 1.165) is 44.2 Å². The molecule has 23 heavy (non-hydrogen) atoms. The summed E-state index contributed by atoms with van der Waals surface area (Å²) in [7, 11) is 3.30. The molecule has 2 rings (SSSR count). The molecule has 0 spiro atoms. The summed E-state index contributed by atoms with van der Waals surface area (Å²) in [5.41, 5.74) is 2.44. The van der Waals surface area contributed by atoms with E-state index in [0.29, 0.717) is 6.54 Å². The predicted octanol–water partition coefficient (Wildman–Crippen LogP) is 0.483. The molecule has 0 unspecified atom stereocenters. The lowest BCUT2D eigenvalue weighted by Crippen LogP contribution is -2.48. The Morgan fingerprint density at radius 1 is 1.04 bits per heavy atom. The number of β-amino-alcohol motifs (C(OH)–C–C–N with tert-alkyl or cyclic N) is 1. The van der Waals surface area contributed by atoms with Crippen LogP contribution in [0.2, 0.25) is 0 Å². The highest BCUT2D eigenvalue weighted by Gasteiger charge is 2.20. The number of piperazine rings is 1. The van der Waals surface area contributed by atoms with Crippen molar-refractivity contribution in [1.82, 2.24) is 9.80 Å². The maximum atomic E-state index is 9.52. The molecule has 1 aromatic carbocycles. The Morgan fingerprint density at radius 3 is 2.17 bits per heavy atom. The topological polar surface area (TPSA) is 65.4 Å². The Balaban J connectivity index is 1.94. The van der Waals surface area contributed by atoms with Crippen molar-refractivity contribution < 1.29 is 19.7 Å². The van der Waals surface area contributed by atoms with Crippen LogP contribution in [-0.2, 0) is 6.54 Å². The molecular formula is C17H28N2O4. The minimum atomic E-state index is -0.644. The number of hydrogen-bond acceptors (Lipinski definition) is 6. The van der Waals surface area contributed by atoms with E-state index >= 15 is 0 Å². The van der Waals surface area contributed by atoms with E-state index < -0.39 is 6.10 Å². The fraction of sp³-hybridized carbons (Fsp3) is 0.647. The van der Waals surface area contributed by atoms with Crippen LogP contribution in [0, 0.1) is 6.92 Å². The number of methoxy groups -OCH3 is 2. The molecule has 130 valence electrons. The van der Waals surface area contributed by atoms with Crippen LogP contribution in [0.4, 0.5) is 0 Å². The van der Waals surface area contributed by atoms with Gasteiger partial charge in [0.2, 0.25) is 0 Å². The van der Waals surface area contributed by atoms with Gasteiger partial charge in [0.05, 0.1) is 26.9 Å². The monoisotopic (exact) mass is 324 g/mol. The third-order valence-electron chi connectivity index (χ3n) is 4.38. The molecule has 1 saturated heterocycles. The molecule has 0 bridgehead atoms. The highest BCUT2D eigenvalue weighted by atomic mass is 16.5. The first-order valence-corrected chi connectivity index (χ1v) is 8.02. The summed E-state index contributed by atoms with van der Waals surface area (Å²) in [6.45, 7) is 7.04. The molecule has 0 radical (unpaired) electrons. The van der Waals surface area contributed by atoms with Crippen LogP contribution < -0.4 is 9.47 Å². The summed E-state index contributed by atoms with van der Waals surface area (Å²) in [5.74, 6) is 1.52. The van der Waals surface area contributed by atoms with Gasteiger partial charge < -0.3 is 19.7 Å². The molecule has 1 heterocycles. The van der Waals surface area contributed by atoms with E-state index in [4.69, 9.17) is 14.6 Å². The largest absolute Gasteiger partial charge is 0.493 e. The van der Waals surface area contributed by atoms with Gasteiger partial charge in [0.15, 0.2) is 11.5 Å².